The predicted molar refractivity (Wildman–Crippen MR) is 91.4 cm³/mol. The molecule has 0 fully saturated rings. The van der Waals surface area contributed by atoms with Crippen molar-refractivity contribution in [1.82, 2.24) is 0 Å². The number of carbonyl (C=O) groups excluding carboxylic acids is 2. The number of hydrogen-bond donors (Lipinski definition) is 8. The molecule has 0 amide bonds. The number of hydrogen-bond acceptors (Lipinski definition) is 12. The molecule has 0 aromatic carbocycles. The Morgan fingerprint density at radius 1 is 0.467 bits per heavy atom. The number of carboxylic acid groups (broad SMARTS) is 4. The van der Waals surface area contributed by atoms with Crippen LogP contribution in [0, 0.1) is 0 Å². The number of rotatable bonds is 11. The maximum atomic E-state index is 11.5. The predicted octanol–water partition coefficient (Wildman–Crippen LogP) is -7.24. The van der Waals surface area contributed by atoms with E-state index in [9.17, 15) is 39.0 Å². The minimum atomic E-state index is -2.97. The Morgan fingerprint density at radius 3 is 0.867 bits per heavy atom. The molecule has 0 rings (SSSR count). The van der Waals surface area contributed by atoms with Gasteiger partial charge in [-0.2, -0.15) is 0 Å². The van der Waals surface area contributed by atoms with Gasteiger partial charge in [-0.05, 0) is 0 Å². The molecule has 166 valence electrons. The summed E-state index contributed by atoms with van der Waals surface area (Å²) in [5.74, 6) is -12.9. The summed E-state index contributed by atoms with van der Waals surface area (Å²) in [4.78, 5) is 65.7. The topological polar surface area (TPSA) is 283 Å². The van der Waals surface area contributed by atoms with E-state index < -0.39 is 72.4 Å². The number of aliphatic hydroxyl groups excluding tert-OH is 4. The second-order valence-electron chi connectivity index (χ2n) is 4.85. The van der Waals surface area contributed by atoms with Crippen LogP contribution in [0.4, 0.5) is 0 Å². The Balaban J connectivity index is -0.00000364. The van der Waals surface area contributed by atoms with Crippen LogP contribution in [0.3, 0.4) is 0 Å². The molecule has 0 saturated carbocycles. The van der Waals surface area contributed by atoms with Crippen molar-refractivity contribution >= 4 is 111 Å². The molecule has 0 aromatic rings. The zero-order valence-electron chi connectivity index (χ0n) is 13.3. The second kappa shape index (κ2) is 15.1. The molecule has 30 heavy (non-hydrogen) atoms. The zero-order chi connectivity index (χ0) is 22.3. The van der Waals surface area contributed by atoms with Gasteiger partial charge in [0.15, 0.2) is 24.4 Å². The van der Waals surface area contributed by atoms with Crippen LogP contribution >= 0.6 is 0 Å². The van der Waals surface area contributed by atoms with E-state index in [1.165, 1.54) is 0 Å². The summed E-state index contributed by atoms with van der Waals surface area (Å²) in [6.45, 7) is 0. The first kappa shape index (κ1) is 33.8. The van der Waals surface area contributed by atoms with Crippen LogP contribution in [-0.4, -0.2) is 189 Å². The standard InChI is InChI=1S/C12H14O16.2Ca.4H/c13-1(11(25)27-5(9(21)22)3(15)7(17)18)2(14)12(26)28-6(10(23)24)4(16)8(19)20;;;;;;/h1-6,13-16H,(H,17,18)(H,19,20)(H,21,22)(H,23,24);;;;;;. The summed E-state index contributed by atoms with van der Waals surface area (Å²) in [6, 6.07) is 0. The number of ether oxygens (including phenoxy) is 2. The normalized spacial score (nSPS) is 16.0. The van der Waals surface area contributed by atoms with Crippen LogP contribution in [0.15, 0.2) is 0 Å². The van der Waals surface area contributed by atoms with E-state index in [2.05, 4.69) is 9.47 Å². The molecule has 6 unspecified atom stereocenters. The first-order valence-corrected chi connectivity index (χ1v) is 6.76. The summed E-state index contributed by atoms with van der Waals surface area (Å²) in [5, 5.41) is 71.4. The van der Waals surface area contributed by atoms with Gasteiger partial charge >= 0.3 is 111 Å². The Hall–Kier alpha value is -0.821. The van der Waals surface area contributed by atoms with Crippen LogP contribution in [0.2, 0.25) is 0 Å². The van der Waals surface area contributed by atoms with Crippen molar-refractivity contribution < 1.29 is 79.1 Å². The van der Waals surface area contributed by atoms with Crippen LogP contribution in [0.25, 0.3) is 0 Å². The minimum absolute atomic E-state index is 0. The fourth-order valence-electron chi connectivity index (χ4n) is 1.41. The van der Waals surface area contributed by atoms with Gasteiger partial charge in [0.05, 0.1) is 0 Å². The maximum absolute atomic E-state index is 11.5. The van der Waals surface area contributed by atoms with E-state index in [4.69, 9.17) is 30.6 Å². The van der Waals surface area contributed by atoms with Gasteiger partial charge in [-0.25, -0.2) is 28.8 Å². The van der Waals surface area contributed by atoms with E-state index in [0.717, 1.165) is 0 Å². The number of carboxylic acids is 4. The summed E-state index contributed by atoms with van der Waals surface area (Å²) < 4.78 is 7.92. The van der Waals surface area contributed by atoms with E-state index >= 15 is 0 Å². The molecule has 0 aliphatic heterocycles. The monoisotopic (exact) mass is 498 g/mol. The second-order valence-corrected chi connectivity index (χ2v) is 4.85. The van der Waals surface area contributed by atoms with E-state index in [-0.39, 0.29) is 75.5 Å². The fourth-order valence-corrected chi connectivity index (χ4v) is 1.41. The summed E-state index contributed by atoms with van der Waals surface area (Å²) in [5.41, 5.74) is 0. The third kappa shape index (κ3) is 9.99. The van der Waals surface area contributed by atoms with Crippen molar-refractivity contribution in [2.24, 2.45) is 0 Å². The van der Waals surface area contributed by atoms with E-state index in [1.54, 1.807) is 0 Å². The Bertz CT molecular complexity index is 609. The molecule has 16 nitrogen and oxygen atoms in total. The molecule has 0 heterocycles. The van der Waals surface area contributed by atoms with Crippen molar-refractivity contribution in [2.75, 3.05) is 0 Å². The van der Waals surface area contributed by atoms with Gasteiger partial charge in [-0.15, -0.1) is 0 Å². The molecular formula is C12H18Ca2O16. The SMILES string of the molecule is O=C(OC(C(=O)O)C(O)C(=O)O)C(O)C(O)C(=O)OC(C(=O)O)C(O)C(=O)O.[CaH2].[CaH2]. The van der Waals surface area contributed by atoms with Crippen LogP contribution in [0.5, 0.6) is 0 Å². The summed E-state index contributed by atoms with van der Waals surface area (Å²) >= 11 is 0. The summed E-state index contributed by atoms with van der Waals surface area (Å²) in [7, 11) is 0. The third-order valence-electron chi connectivity index (χ3n) is 2.83. The van der Waals surface area contributed by atoms with E-state index in [1.807, 2.05) is 0 Å². The third-order valence-corrected chi connectivity index (χ3v) is 2.83. The van der Waals surface area contributed by atoms with Gasteiger partial charge in [0.2, 0.25) is 12.2 Å². The van der Waals surface area contributed by atoms with Gasteiger partial charge in [0.1, 0.15) is 0 Å². The van der Waals surface area contributed by atoms with Crippen molar-refractivity contribution in [3.05, 3.63) is 0 Å². The van der Waals surface area contributed by atoms with Crippen LogP contribution in [0.1, 0.15) is 0 Å². The fraction of sp³-hybridized carbons (Fsp3) is 0.500. The molecule has 0 aromatic heterocycles. The van der Waals surface area contributed by atoms with Crippen LogP contribution in [-0.2, 0) is 38.2 Å². The molecule has 0 aliphatic rings. The van der Waals surface area contributed by atoms with Gasteiger partial charge < -0.3 is 50.3 Å². The summed E-state index contributed by atoms with van der Waals surface area (Å²) in [6.07, 6.45) is -17.0. The van der Waals surface area contributed by atoms with Gasteiger partial charge in [-0.3, -0.25) is 0 Å². The van der Waals surface area contributed by atoms with Crippen molar-refractivity contribution in [2.45, 2.75) is 36.6 Å². The number of esters is 2. The van der Waals surface area contributed by atoms with Crippen LogP contribution < -0.4 is 0 Å². The average molecular weight is 498 g/mol. The molecule has 8 N–H and O–H groups in total. The first-order valence-electron chi connectivity index (χ1n) is 6.76. The van der Waals surface area contributed by atoms with Gasteiger partial charge in [0, 0.05) is 0 Å². The molecule has 6 atom stereocenters. The molecule has 0 saturated heterocycles. The number of carbonyl (C=O) groups is 6. The van der Waals surface area contributed by atoms with E-state index in [0.29, 0.717) is 0 Å². The number of aliphatic hydroxyl groups is 4. The van der Waals surface area contributed by atoms with Gasteiger partial charge in [0.25, 0.3) is 0 Å². The van der Waals surface area contributed by atoms with Crippen molar-refractivity contribution in [3.8, 4) is 0 Å². The molecule has 0 radical (unpaired) electrons. The average Bonchev–Trinajstić information content (AvgIpc) is 2.60. The Kier molecular flexibility index (Phi) is 17.0. The molecule has 0 aliphatic carbocycles. The molecular weight excluding hydrogens is 480 g/mol. The first-order chi connectivity index (χ1) is 12.7. The Morgan fingerprint density at radius 2 is 0.700 bits per heavy atom. The molecule has 0 bridgehead atoms. The quantitative estimate of drug-likeness (QED) is 0.0969. The Labute approximate surface area is 225 Å². The zero-order valence-corrected chi connectivity index (χ0v) is 13.3. The van der Waals surface area contributed by atoms with Crippen molar-refractivity contribution in [3.63, 3.8) is 0 Å². The number of aliphatic carboxylic acids is 4. The van der Waals surface area contributed by atoms with Crippen molar-refractivity contribution in [1.29, 1.82) is 0 Å². The molecule has 0 spiro atoms. The van der Waals surface area contributed by atoms with Gasteiger partial charge in [-0.1, -0.05) is 0 Å². The molecule has 18 heteroatoms.